The molecule has 0 saturated carbocycles. The molecule has 1 aliphatic heterocycles. The predicted octanol–water partition coefficient (Wildman–Crippen LogP) is 2.48. The minimum atomic E-state index is 0.818. The lowest BCUT2D eigenvalue weighted by atomic mass is 9.77. The van der Waals surface area contributed by atoms with E-state index in [-0.39, 0.29) is 0 Å². The molecule has 1 heterocycles. The van der Waals surface area contributed by atoms with Crippen LogP contribution in [0.5, 0.6) is 0 Å². The number of hydrogen-bond acceptors (Lipinski definition) is 1. The van der Waals surface area contributed by atoms with Crippen molar-refractivity contribution in [1.29, 1.82) is 0 Å². The SMILES string of the molecule is CCC1=CCCC2NCCCC12. The summed E-state index contributed by atoms with van der Waals surface area (Å²) in [6, 6.07) is 0.818. The van der Waals surface area contributed by atoms with E-state index >= 15 is 0 Å². The van der Waals surface area contributed by atoms with Crippen LogP contribution in [0.2, 0.25) is 0 Å². The zero-order chi connectivity index (χ0) is 8.39. The smallest absolute Gasteiger partial charge is 0.0135 e. The van der Waals surface area contributed by atoms with Crippen LogP contribution in [0.15, 0.2) is 11.6 Å². The third-order valence-corrected chi connectivity index (χ3v) is 3.35. The molecule has 0 spiro atoms. The molecule has 2 rings (SSSR count). The van der Waals surface area contributed by atoms with Gasteiger partial charge in [0.15, 0.2) is 0 Å². The van der Waals surface area contributed by atoms with Crippen molar-refractivity contribution in [3.05, 3.63) is 11.6 Å². The van der Waals surface area contributed by atoms with Gasteiger partial charge < -0.3 is 5.32 Å². The first-order valence-corrected chi connectivity index (χ1v) is 5.34. The maximum absolute atomic E-state index is 3.64. The van der Waals surface area contributed by atoms with E-state index in [4.69, 9.17) is 0 Å². The summed E-state index contributed by atoms with van der Waals surface area (Å²) in [4.78, 5) is 0. The number of fused-ring (bicyclic) bond motifs is 1. The van der Waals surface area contributed by atoms with Gasteiger partial charge in [0.05, 0.1) is 0 Å². The molecule has 0 bridgehead atoms. The molecular weight excluding hydrogens is 146 g/mol. The van der Waals surface area contributed by atoms with Crippen molar-refractivity contribution in [2.75, 3.05) is 6.54 Å². The molecule has 1 heteroatoms. The van der Waals surface area contributed by atoms with Crippen LogP contribution in [-0.4, -0.2) is 12.6 Å². The summed E-state index contributed by atoms with van der Waals surface area (Å²) in [7, 11) is 0. The largest absolute Gasteiger partial charge is 0.313 e. The van der Waals surface area contributed by atoms with E-state index < -0.39 is 0 Å². The second-order valence-electron chi connectivity index (χ2n) is 4.02. The Kier molecular flexibility index (Phi) is 2.50. The van der Waals surface area contributed by atoms with Crippen LogP contribution >= 0.6 is 0 Å². The summed E-state index contributed by atoms with van der Waals surface area (Å²) in [5, 5.41) is 3.64. The van der Waals surface area contributed by atoms with Gasteiger partial charge in [-0.1, -0.05) is 18.6 Å². The second-order valence-corrected chi connectivity index (χ2v) is 4.02. The number of hydrogen-bond donors (Lipinski definition) is 1. The van der Waals surface area contributed by atoms with Gasteiger partial charge >= 0.3 is 0 Å². The number of rotatable bonds is 1. The third-order valence-electron chi connectivity index (χ3n) is 3.35. The van der Waals surface area contributed by atoms with Crippen LogP contribution in [-0.2, 0) is 0 Å². The van der Waals surface area contributed by atoms with E-state index in [9.17, 15) is 0 Å². The van der Waals surface area contributed by atoms with E-state index in [0.717, 1.165) is 12.0 Å². The van der Waals surface area contributed by atoms with E-state index in [1.54, 1.807) is 5.57 Å². The van der Waals surface area contributed by atoms with Crippen LogP contribution in [0.3, 0.4) is 0 Å². The van der Waals surface area contributed by atoms with Gasteiger partial charge in [-0.05, 0) is 44.6 Å². The van der Waals surface area contributed by atoms with Crippen molar-refractivity contribution in [1.82, 2.24) is 5.32 Å². The van der Waals surface area contributed by atoms with E-state index in [1.165, 1.54) is 38.6 Å². The average Bonchev–Trinajstić information content (AvgIpc) is 2.17. The molecule has 1 aliphatic carbocycles. The highest BCUT2D eigenvalue weighted by molar-refractivity contribution is 5.14. The third kappa shape index (κ3) is 1.42. The molecule has 1 saturated heterocycles. The van der Waals surface area contributed by atoms with Crippen molar-refractivity contribution in [3.63, 3.8) is 0 Å². The molecule has 12 heavy (non-hydrogen) atoms. The molecule has 0 aromatic carbocycles. The Balaban J connectivity index is 2.09. The summed E-state index contributed by atoms with van der Waals surface area (Å²) in [6.07, 6.45) is 9.22. The molecule has 1 N–H and O–H groups in total. The van der Waals surface area contributed by atoms with Gasteiger partial charge in [0.2, 0.25) is 0 Å². The molecule has 2 aliphatic rings. The molecule has 2 atom stereocenters. The molecule has 0 aromatic rings. The van der Waals surface area contributed by atoms with Crippen LogP contribution < -0.4 is 5.32 Å². The second kappa shape index (κ2) is 3.61. The fraction of sp³-hybridized carbons (Fsp3) is 0.818. The normalized spacial score (nSPS) is 35.6. The first-order chi connectivity index (χ1) is 5.92. The number of piperidine rings is 1. The van der Waals surface area contributed by atoms with Gasteiger partial charge in [-0.25, -0.2) is 0 Å². The fourth-order valence-electron chi connectivity index (χ4n) is 2.71. The fourth-order valence-corrected chi connectivity index (χ4v) is 2.71. The van der Waals surface area contributed by atoms with Crippen LogP contribution in [0.25, 0.3) is 0 Å². The standard InChI is InChI=1S/C11H19N/c1-2-9-5-3-7-11-10(9)6-4-8-12-11/h5,10-12H,2-4,6-8H2,1H3. The molecule has 1 fully saturated rings. The number of allylic oxidation sites excluding steroid dienone is 1. The quantitative estimate of drug-likeness (QED) is 0.589. The Hall–Kier alpha value is -0.300. The molecule has 1 nitrogen and oxygen atoms in total. The maximum atomic E-state index is 3.64. The lowest BCUT2D eigenvalue weighted by molar-refractivity contribution is 0.286. The van der Waals surface area contributed by atoms with Gasteiger partial charge in [0, 0.05) is 6.04 Å². The zero-order valence-corrected chi connectivity index (χ0v) is 7.97. The highest BCUT2D eigenvalue weighted by atomic mass is 14.9. The molecule has 0 amide bonds. The number of nitrogens with one attached hydrogen (secondary N) is 1. The maximum Gasteiger partial charge on any atom is 0.0135 e. The summed E-state index contributed by atoms with van der Waals surface area (Å²) < 4.78 is 0. The summed E-state index contributed by atoms with van der Waals surface area (Å²) in [5.41, 5.74) is 1.72. The van der Waals surface area contributed by atoms with Crippen molar-refractivity contribution in [2.24, 2.45) is 5.92 Å². The van der Waals surface area contributed by atoms with Crippen molar-refractivity contribution < 1.29 is 0 Å². The van der Waals surface area contributed by atoms with Crippen LogP contribution in [0, 0.1) is 5.92 Å². The first-order valence-electron chi connectivity index (χ1n) is 5.34. The summed E-state index contributed by atoms with van der Waals surface area (Å²) >= 11 is 0. The Morgan fingerprint density at radius 2 is 2.42 bits per heavy atom. The molecule has 0 aromatic heterocycles. The lowest BCUT2D eigenvalue weighted by Crippen LogP contribution is -2.43. The first kappa shape index (κ1) is 8.31. The van der Waals surface area contributed by atoms with Gasteiger partial charge in [0.1, 0.15) is 0 Å². The van der Waals surface area contributed by atoms with E-state index in [2.05, 4.69) is 18.3 Å². The highest BCUT2D eigenvalue weighted by Crippen LogP contribution is 2.32. The minimum absolute atomic E-state index is 0.818. The minimum Gasteiger partial charge on any atom is -0.313 e. The van der Waals surface area contributed by atoms with E-state index in [0.29, 0.717) is 0 Å². The Labute approximate surface area is 75.2 Å². The van der Waals surface area contributed by atoms with Gasteiger partial charge in [-0.2, -0.15) is 0 Å². The van der Waals surface area contributed by atoms with Crippen molar-refractivity contribution in [2.45, 2.75) is 45.1 Å². The monoisotopic (exact) mass is 165 g/mol. The lowest BCUT2D eigenvalue weighted by Gasteiger charge is -2.37. The highest BCUT2D eigenvalue weighted by Gasteiger charge is 2.28. The Bertz CT molecular complexity index is 183. The van der Waals surface area contributed by atoms with Crippen molar-refractivity contribution >= 4 is 0 Å². The van der Waals surface area contributed by atoms with Gasteiger partial charge in [-0.3, -0.25) is 0 Å². The van der Waals surface area contributed by atoms with Gasteiger partial charge in [0.25, 0.3) is 0 Å². The summed E-state index contributed by atoms with van der Waals surface area (Å²) in [5.74, 6) is 0.887. The molecular formula is C11H19N. The van der Waals surface area contributed by atoms with Crippen LogP contribution in [0.1, 0.15) is 39.0 Å². The average molecular weight is 165 g/mol. The Morgan fingerprint density at radius 1 is 1.50 bits per heavy atom. The Morgan fingerprint density at radius 3 is 3.25 bits per heavy atom. The van der Waals surface area contributed by atoms with Crippen LogP contribution in [0.4, 0.5) is 0 Å². The van der Waals surface area contributed by atoms with Gasteiger partial charge in [-0.15, -0.1) is 0 Å². The van der Waals surface area contributed by atoms with Crippen molar-refractivity contribution in [3.8, 4) is 0 Å². The molecule has 2 unspecified atom stereocenters. The molecule has 68 valence electrons. The predicted molar refractivity (Wildman–Crippen MR) is 52.1 cm³/mol. The zero-order valence-electron chi connectivity index (χ0n) is 7.97. The molecule has 0 radical (unpaired) electrons. The topological polar surface area (TPSA) is 12.0 Å². The van der Waals surface area contributed by atoms with E-state index in [1.807, 2.05) is 0 Å². The summed E-state index contributed by atoms with van der Waals surface area (Å²) in [6.45, 7) is 3.54.